The van der Waals surface area contributed by atoms with Crippen LogP contribution in [-0.4, -0.2) is 27.5 Å². The summed E-state index contributed by atoms with van der Waals surface area (Å²) in [7, 11) is 0. The molecule has 12 heavy (non-hydrogen) atoms. The molecule has 1 aromatic rings. The molecule has 1 aromatic heterocycles. The molecule has 1 aliphatic rings. The zero-order valence-electron chi connectivity index (χ0n) is 6.50. The van der Waals surface area contributed by atoms with Crippen LogP contribution in [-0.2, 0) is 13.1 Å². The van der Waals surface area contributed by atoms with Crippen LogP contribution in [0.15, 0.2) is 6.20 Å². The molecule has 0 saturated carbocycles. The van der Waals surface area contributed by atoms with E-state index in [9.17, 15) is 0 Å². The van der Waals surface area contributed by atoms with E-state index in [0.717, 1.165) is 5.69 Å². The lowest BCUT2D eigenvalue weighted by Crippen LogP contribution is -2.41. The first-order chi connectivity index (χ1) is 5.81. The Morgan fingerprint density at radius 3 is 3.42 bits per heavy atom. The van der Waals surface area contributed by atoms with E-state index in [4.69, 9.17) is 16.7 Å². The minimum absolute atomic E-state index is 0.105. The summed E-state index contributed by atoms with van der Waals surface area (Å²) in [4.78, 5) is 0. The molecule has 66 valence electrons. The van der Waals surface area contributed by atoms with Gasteiger partial charge in [0.2, 0.25) is 0 Å². The van der Waals surface area contributed by atoms with E-state index in [0.29, 0.717) is 18.1 Å². The summed E-state index contributed by atoms with van der Waals surface area (Å²) in [6.45, 7) is 1.51. The van der Waals surface area contributed by atoms with Gasteiger partial charge in [0.05, 0.1) is 36.1 Å². The number of rotatable bonds is 1. The molecular formula is C7H10ClN3O. The lowest BCUT2D eigenvalue weighted by Gasteiger charge is -2.23. The molecule has 2 N–H and O–H groups in total. The quantitative estimate of drug-likeness (QED) is 0.651. The summed E-state index contributed by atoms with van der Waals surface area (Å²) in [5.41, 5.74) is 1.00. The zero-order chi connectivity index (χ0) is 8.55. The number of hydrogen-bond donors (Lipinski definition) is 2. The van der Waals surface area contributed by atoms with Gasteiger partial charge in [-0.25, -0.2) is 0 Å². The van der Waals surface area contributed by atoms with Crippen molar-refractivity contribution in [3.05, 3.63) is 16.9 Å². The van der Waals surface area contributed by atoms with Gasteiger partial charge in [0.25, 0.3) is 0 Å². The first-order valence-electron chi connectivity index (χ1n) is 3.85. The minimum atomic E-state index is 0.105. The number of halogens is 1. The highest BCUT2D eigenvalue weighted by molar-refractivity contribution is 6.31. The number of hydrogen-bond acceptors (Lipinski definition) is 3. The van der Waals surface area contributed by atoms with E-state index in [2.05, 4.69) is 10.4 Å². The molecule has 0 spiro atoms. The average Bonchev–Trinajstić information content (AvgIpc) is 2.47. The Morgan fingerprint density at radius 1 is 1.83 bits per heavy atom. The predicted molar refractivity (Wildman–Crippen MR) is 45.0 cm³/mol. The fraction of sp³-hybridized carbons (Fsp3) is 0.571. The molecule has 0 saturated heterocycles. The topological polar surface area (TPSA) is 50.1 Å². The van der Waals surface area contributed by atoms with Crippen LogP contribution in [0.2, 0.25) is 5.02 Å². The van der Waals surface area contributed by atoms with Crippen molar-refractivity contribution in [1.82, 2.24) is 15.1 Å². The molecule has 0 amide bonds. The van der Waals surface area contributed by atoms with Gasteiger partial charge in [-0.1, -0.05) is 11.6 Å². The Morgan fingerprint density at radius 2 is 2.67 bits per heavy atom. The molecule has 0 fully saturated rings. The van der Waals surface area contributed by atoms with Gasteiger partial charge in [-0.3, -0.25) is 4.68 Å². The van der Waals surface area contributed by atoms with Crippen LogP contribution < -0.4 is 5.32 Å². The maximum atomic E-state index is 8.89. The molecule has 0 aromatic carbocycles. The van der Waals surface area contributed by atoms with Crippen LogP contribution in [0.5, 0.6) is 0 Å². The van der Waals surface area contributed by atoms with E-state index in [1.807, 2.05) is 4.68 Å². The standard InChI is InChI=1S/C7H10ClN3O/c8-6-1-10-11-3-5(4-12)9-2-7(6)11/h1,5,9,12H,2-4H2. The molecule has 0 aliphatic carbocycles. The van der Waals surface area contributed by atoms with E-state index in [1.165, 1.54) is 0 Å². The van der Waals surface area contributed by atoms with E-state index in [-0.39, 0.29) is 12.6 Å². The van der Waals surface area contributed by atoms with Crippen molar-refractivity contribution in [2.45, 2.75) is 19.1 Å². The van der Waals surface area contributed by atoms with Crippen molar-refractivity contribution in [3.8, 4) is 0 Å². The monoisotopic (exact) mass is 187 g/mol. The highest BCUT2D eigenvalue weighted by atomic mass is 35.5. The molecule has 4 nitrogen and oxygen atoms in total. The smallest absolute Gasteiger partial charge is 0.0831 e. The Balaban J connectivity index is 2.24. The molecule has 1 atom stereocenters. The Kier molecular flexibility index (Phi) is 2.04. The first-order valence-corrected chi connectivity index (χ1v) is 4.23. The average molecular weight is 188 g/mol. The third-order valence-electron chi connectivity index (χ3n) is 2.07. The number of aliphatic hydroxyl groups excluding tert-OH is 1. The molecule has 0 radical (unpaired) electrons. The molecule has 0 bridgehead atoms. The largest absolute Gasteiger partial charge is 0.395 e. The summed E-state index contributed by atoms with van der Waals surface area (Å²) in [5.74, 6) is 0. The van der Waals surface area contributed by atoms with Crippen molar-refractivity contribution >= 4 is 11.6 Å². The number of fused-ring (bicyclic) bond motifs is 1. The van der Waals surface area contributed by atoms with Gasteiger partial charge in [0.15, 0.2) is 0 Å². The van der Waals surface area contributed by atoms with Crippen LogP contribution in [0.3, 0.4) is 0 Å². The third kappa shape index (κ3) is 1.22. The highest BCUT2D eigenvalue weighted by Gasteiger charge is 2.19. The number of nitrogens with one attached hydrogen (secondary N) is 1. The van der Waals surface area contributed by atoms with Gasteiger partial charge >= 0.3 is 0 Å². The molecule has 2 rings (SSSR count). The van der Waals surface area contributed by atoms with Gasteiger partial charge in [-0.15, -0.1) is 0 Å². The van der Waals surface area contributed by atoms with Crippen LogP contribution >= 0.6 is 11.6 Å². The van der Waals surface area contributed by atoms with Gasteiger partial charge in [-0.05, 0) is 0 Å². The zero-order valence-corrected chi connectivity index (χ0v) is 7.25. The molecule has 1 unspecified atom stereocenters. The van der Waals surface area contributed by atoms with Gasteiger partial charge < -0.3 is 10.4 Å². The Hall–Kier alpha value is -0.580. The van der Waals surface area contributed by atoms with Crippen molar-refractivity contribution in [2.24, 2.45) is 0 Å². The lowest BCUT2D eigenvalue weighted by molar-refractivity contribution is 0.210. The summed E-state index contributed by atoms with van der Waals surface area (Å²) in [5, 5.41) is 16.8. The maximum absolute atomic E-state index is 8.89. The maximum Gasteiger partial charge on any atom is 0.0831 e. The number of aliphatic hydroxyl groups is 1. The van der Waals surface area contributed by atoms with Crippen molar-refractivity contribution in [3.63, 3.8) is 0 Å². The summed E-state index contributed by atoms with van der Waals surface area (Å²) in [6, 6.07) is 0.105. The summed E-state index contributed by atoms with van der Waals surface area (Å²) in [6.07, 6.45) is 1.64. The van der Waals surface area contributed by atoms with E-state index >= 15 is 0 Å². The van der Waals surface area contributed by atoms with Gasteiger partial charge in [-0.2, -0.15) is 5.10 Å². The predicted octanol–water partition coefficient (Wildman–Crippen LogP) is 0.000600. The van der Waals surface area contributed by atoms with Gasteiger partial charge in [0, 0.05) is 6.54 Å². The fourth-order valence-corrected chi connectivity index (χ4v) is 1.57. The van der Waals surface area contributed by atoms with Gasteiger partial charge in [0.1, 0.15) is 0 Å². The number of aromatic nitrogens is 2. The first kappa shape index (κ1) is 8.04. The number of nitrogens with zero attached hydrogens (tertiary/aromatic N) is 2. The van der Waals surface area contributed by atoms with Crippen molar-refractivity contribution < 1.29 is 5.11 Å². The SMILES string of the molecule is OCC1Cn2ncc(Cl)c2CN1. The molecule has 5 heteroatoms. The second-order valence-corrected chi connectivity index (χ2v) is 3.29. The second kappa shape index (κ2) is 3.05. The van der Waals surface area contributed by atoms with Crippen LogP contribution in [0.25, 0.3) is 0 Å². The second-order valence-electron chi connectivity index (χ2n) is 2.88. The molecule has 2 heterocycles. The fourth-order valence-electron chi connectivity index (χ4n) is 1.36. The summed E-state index contributed by atoms with van der Waals surface area (Å²) < 4.78 is 1.83. The Labute approximate surface area is 75.1 Å². The van der Waals surface area contributed by atoms with Crippen LogP contribution in [0.1, 0.15) is 5.69 Å². The van der Waals surface area contributed by atoms with E-state index in [1.54, 1.807) is 6.20 Å². The highest BCUT2D eigenvalue weighted by Crippen LogP contribution is 2.17. The molecule has 1 aliphatic heterocycles. The minimum Gasteiger partial charge on any atom is -0.395 e. The lowest BCUT2D eigenvalue weighted by atomic mass is 10.2. The summed E-state index contributed by atoms with van der Waals surface area (Å²) >= 11 is 5.86. The normalized spacial score (nSPS) is 22.3. The Bertz CT molecular complexity index is 286. The van der Waals surface area contributed by atoms with Crippen LogP contribution in [0.4, 0.5) is 0 Å². The third-order valence-corrected chi connectivity index (χ3v) is 2.39. The van der Waals surface area contributed by atoms with Crippen molar-refractivity contribution in [2.75, 3.05) is 6.61 Å². The van der Waals surface area contributed by atoms with E-state index < -0.39 is 0 Å². The molecular weight excluding hydrogens is 178 g/mol. The van der Waals surface area contributed by atoms with Crippen molar-refractivity contribution in [1.29, 1.82) is 0 Å². The van der Waals surface area contributed by atoms with Crippen LogP contribution in [0, 0.1) is 0 Å².